The fourth-order valence-electron chi connectivity index (χ4n) is 2.88. The Bertz CT molecular complexity index is 395. The maximum absolute atomic E-state index is 5.97. The Morgan fingerprint density at radius 3 is 2.40 bits per heavy atom. The van der Waals surface area contributed by atoms with E-state index in [0.717, 1.165) is 30.3 Å². The van der Waals surface area contributed by atoms with Gasteiger partial charge in [0.15, 0.2) is 0 Å². The zero-order valence-electron chi connectivity index (χ0n) is 13.0. The molecule has 1 aliphatic carbocycles. The third-order valence-corrected chi connectivity index (χ3v) is 4.56. The van der Waals surface area contributed by atoms with Crippen molar-refractivity contribution in [3.8, 4) is 0 Å². The number of rotatable bonds is 5. The molecule has 0 saturated heterocycles. The molecule has 2 N–H and O–H groups in total. The smallest absolute Gasteiger partial charge is 0.225 e. The van der Waals surface area contributed by atoms with E-state index in [1.165, 1.54) is 25.7 Å². The van der Waals surface area contributed by atoms with E-state index in [9.17, 15) is 0 Å². The monoisotopic (exact) mass is 276 g/mol. The van der Waals surface area contributed by atoms with Crippen molar-refractivity contribution in [3.05, 3.63) is 18.0 Å². The molecule has 1 atom stereocenters. The van der Waals surface area contributed by atoms with Gasteiger partial charge in [0.25, 0.3) is 0 Å². The van der Waals surface area contributed by atoms with Gasteiger partial charge in [-0.05, 0) is 50.0 Å². The lowest BCUT2D eigenvalue weighted by Crippen LogP contribution is -2.36. The molecular weight excluding hydrogens is 248 g/mol. The second-order valence-electron chi connectivity index (χ2n) is 6.29. The van der Waals surface area contributed by atoms with Crippen LogP contribution < -0.4 is 10.6 Å². The molecule has 112 valence electrons. The van der Waals surface area contributed by atoms with Gasteiger partial charge < -0.3 is 10.6 Å². The summed E-state index contributed by atoms with van der Waals surface area (Å²) >= 11 is 0. The van der Waals surface area contributed by atoms with E-state index in [0.29, 0.717) is 6.04 Å². The van der Waals surface area contributed by atoms with Crippen molar-refractivity contribution in [3.63, 3.8) is 0 Å². The first kappa shape index (κ1) is 15.2. The Labute approximate surface area is 122 Å². The van der Waals surface area contributed by atoms with E-state index >= 15 is 0 Å². The summed E-state index contributed by atoms with van der Waals surface area (Å²) in [6.45, 7) is 4.45. The van der Waals surface area contributed by atoms with Gasteiger partial charge in [0.05, 0.1) is 0 Å². The number of hydrogen-bond donors (Lipinski definition) is 1. The molecule has 2 rings (SSSR count). The molecular formula is C16H28N4. The van der Waals surface area contributed by atoms with Crippen LogP contribution in [0.25, 0.3) is 0 Å². The van der Waals surface area contributed by atoms with Crippen molar-refractivity contribution in [2.45, 2.75) is 64.5 Å². The SMILES string of the molecule is CCC(N)Cc1cnc(N(C)C2CCC(C)CC2)nc1. The van der Waals surface area contributed by atoms with E-state index in [1.54, 1.807) is 0 Å². The Kier molecular flexibility index (Phi) is 5.35. The first-order valence-corrected chi connectivity index (χ1v) is 7.89. The molecule has 1 unspecified atom stereocenters. The highest BCUT2D eigenvalue weighted by Gasteiger charge is 2.23. The Balaban J connectivity index is 1.95. The van der Waals surface area contributed by atoms with Gasteiger partial charge in [-0.1, -0.05) is 13.8 Å². The molecule has 0 bridgehead atoms. The molecule has 1 heterocycles. The summed E-state index contributed by atoms with van der Waals surface area (Å²) in [7, 11) is 2.12. The summed E-state index contributed by atoms with van der Waals surface area (Å²) in [6.07, 6.45) is 10.9. The summed E-state index contributed by atoms with van der Waals surface area (Å²) in [4.78, 5) is 11.3. The van der Waals surface area contributed by atoms with Crippen LogP contribution >= 0.6 is 0 Å². The highest BCUT2D eigenvalue weighted by Crippen LogP contribution is 2.27. The van der Waals surface area contributed by atoms with Gasteiger partial charge in [-0.2, -0.15) is 0 Å². The number of hydrogen-bond acceptors (Lipinski definition) is 4. The summed E-state index contributed by atoms with van der Waals surface area (Å²) in [6, 6.07) is 0.803. The normalized spacial score (nSPS) is 24.4. The average molecular weight is 276 g/mol. The van der Waals surface area contributed by atoms with Crippen molar-refractivity contribution >= 4 is 5.95 Å². The standard InChI is InChI=1S/C16H28N4/c1-4-14(17)9-13-10-18-16(19-11-13)20(3)15-7-5-12(2)6-8-15/h10-12,14-15H,4-9,17H2,1-3H3. The lowest BCUT2D eigenvalue weighted by molar-refractivity contribution is 0.339. The lowest BCUT2D eigenvalue weighted by Gasteiger charge is -2.33. The van der Waals surface area contributed by atoms with Crippen LogP contribution in [0.1, 0.15) is 51.5 Å². The second-order valence-corrected chi connectivity index (χ2v) is 6.29. The third kappa shape index (κ3) is 3.92. The molecule has 1 aromatic rings. The van der Waals surface area contributed by atoms with Crippen molar-refractivity contribution in [1.29, 1.82) is 0 Å². The minimum Gasteiger partial charge on any atom is -0.341 e. The molecule has 1 saturated carbocycles. The molecule has 1 fully saturated rings. The van der Waals surface area contributed by atoms with Crippen molar-refractivity contribution in [1.82, 2.24) is 9.97 Å². The van der Waals surface area contributed by atoms with Gasteiger partial charge in [0.2, 0.25) is 5.95 Å². The van der Waals surface area contributed by atoms with Crippen LogP contribution in [0, 0.1) is 5.92 Å². The Morgan fingerprint density at radius 1 is 1.25 bits per heavy atom. The maximum atomic E-state index is 5.97. The van der Waals surface area contributed by atoms with Crippen LogP contribution in [0.4, 0.5) is 5.95 Å². The average Bonchev–Trinajstić information content (AvgIpc) is 2.48. The summed E-state index contributed by atoms with van der Waals surface area (Å²) < 4.78 is 0. The minimum absolute atomic E-state index is 0.210. The topological polar surface area (TPSA) is 55.0 Å². The zero-order chi connectivity index (χ0) is 14.5. The molecule has 0 aromatic carbocycles. The fourth-order valence-corrected chi connectivity index (χ4v) is 2.88. The third-order valence-electron chi connectivity index (χ3n) is 4.56. The molecule has 0 aliphatic heterocycles. The van der Waals surface area contributed by atoms with Gasteiger partial charge in [0.1, 0.15) is 0 Å². The molecule has 4 nitrogen and oxygen atoms in total. The van der Waals surface area contributed by atoms with Gasteiger partial charge in [-0.25, -0.2) is 9.97 Å². The lowest BCUT2D eigenvalue weighted by atomic mass is 9.87. The number of nitrogens with zero attached hydrogens (tertiary/aromatic N) is 3. The molecule has 1 aromatic heterocycles. The highest BCUT2D eigenvalue weighted by atomic mass is 15.2. The van der Waals surface area contributed by atoms with E-state index < -0.39 is 0 Å². The van der Waals surface area contributed by atoms with E-state index in [1.807, 2.05) is 12.4 Å². The number of anilines is 1. The van der Waals surface area contributed by atoms with Gasteiger partial charge >= 0.3 is 0 Å². The van der Waals surface area contributed by atoms with E-state index in [2.05, 4.69) is 35.8 Å². The van der Waals surface area contributed by atoms with E-state index in [4.69, 9.17) is 5.73 Å². The predicted molar refractivity (Wildman–Crippen MR) is 83.8 cm³/mol. The summed E-state index contributed by atoms with van der Waals surface area (Å²) in [5.74, 6) is 1.72. The minimum atomic E-state index is 0.210. The van der Waals surface area contributed by atoms with Crippen LogP contribution in [0.2, 0.25) is 0 Å². The molecule has 1 aliphatic rings. The largest absolute Gasteiger partial charge is 0.341 e. The summed E-state index contributed by atoms with van der Waals surface area (Å²) in [5, 5.41) is 0. The van der Waals surface area contributed by atoms with Crippen LogP contribution in [-0.4, -0.2) is 29.1 Å². The van der Waals surface area contributed by atoms with Crippen molar-refractivity contribution in [2.75, 3.05) is 11.9 Å². The first-order valence-electron chi connectivity index (χ1n) is 7.89. The van der Waals surface area contributed by atoms with Crippen LogP contribution in [0.3, 0.4) is 0 Å². The second kappa shape index (κ2) is 7.02. The van der Waals surface area contributed by atoms with Gasteiger partial charge in [-0.3, -0.25) is 0 Å². The highest BCUT2D eigenvalue weighted by molar-refractivity contribution is 5.30. The van der Waals surface area contributed by atoms with Gasteiger partial charge in [-0.15, -0.1) is 0 Å². The maximum Gasteiger partial charge on any atom is 0.225 e. The van der Waals surface area contributed by atoms with Crippen LogP contribution in [0.15, 0.2) is 12.4 Å². The fraction of sp³-hybridized carbons (Fsp3) is 0.750. The Hall–Kier alpha value is -1.16. The van der Waals surface area contributed by atoms with Gasteiger partial charge in [0, 0.05) is 31.5 Å². The van der Waals surface area contributed by atoms with Crippen molar-refractivity contribution < 1.29 is 0 Å². The molecule has 20 heavy (non-hydrogen) atoms. The predicted octanol–water partition coefficient (Wildman–Crippen LogP) is 2.77. The molecule has 0 radical (unpaired) electrons. The number of aromatic nitrogens is 2. The van der Waals surface area contributed by atoms with Crippen LogP contribution in [-0.2, 0) is 6.42 Å². The Morgan fingerprint density at radius 2 is 1.85 bits per heavy atom. The molecule has 0 spiro atoms. The zero-order valence-corrected chi connectivity index (χ0v) is 13.0. The van der Waals surface area contributed by atoms with Crippen molar-refractivity contribution in [2.24, 2.45) is 11.7 Å². The van der Waals surface area contributed by atoms with E-state index in [-0.39, 0.29) is 6.04 Å². The van der Waals surface area contributed by atoms with Crippen LogP contribution in [0.5, 0.6) is 0 Å². The molecule has 0 amide bonds. The number of nitrogens with two attached hydrogens (primary N) is 1. The quantitative estimate of drug-likeness (QED) is 0.898. The summed E-state index contributed by atoms with van der Waals surface area (Å²) in [5.41, 5.74) is 7.10. The molecule has 4 heteroatoms. The first-order chi connectivity index (χ1) is 9.60.